The predicted octanol–water partition coefficient (Wildman–Crippen LogP) is 2.87. The molecule has 0 atom stereocenters. The van der Waals surface area contributed by atoms with Gasteiger partial charge in [-0.3, -0.25) is 14.9 Å². The van der Waals surface area contributed by atoms with Crippen molar-refractivity contribution in [1.82, 2.24) is 9.78 Å². The molecule has 1 aliphatic rings. The number of hydrogen-bond acceptors (Lipinski definition) is 8. The fraction of sp³-hybridized carbons (Fsp3) is 0.167. The number of nitro benzene ring substituents is 1. The van der Waals surface area contributed by atoms with Crippen molar-refractivity contribution in [1.29, 1.82) is 5.26 Å². The first kappa shape index (κ1) is 18.9. The molecule has 0 aliphatic carbocycles. The van der Waals surface area contributed by atoms with Crippen LogP contribution in [-0.2, 0) is 13.0 Å². The van der Waals surface area contributed by atoms with Gasteiger partial charge in [-0.1, -0.05) is 11.6 Å². The van der Waals surface area contributed by atoms with E-state index in [4.69, 9.17) is 17.3 Å². The number of nitrogens with two attached hydrogens (primary N) is 1. The van der Waals surface area contributed by atoms with Gasteiger partial charge in [0.15, 0.2) is 0 Å². The van der Waals surface area contributed by atoms with E-state index in [9.17, 15) is 20.2 Å². The van der Waals surface area contributed by atoms with E-state index in [0.29, 0.717) is 41.4 Å². The summed E-state index contributed by atoms with van der Waals surface area (Å²) in [5, 5.41) is 24.7. The molecule has 0 bridgehead atoms. The zero-order chi connectivity index (χ0) is 20.7. The van der Waals surface area contributed by atoms with Gasteiger partial charge in [-0.25, -0.2) is 0 Å². The maximum absolute atomic E-state index is 12.7. The first-order valence-corrected chi connectivity index (χ1v) is 9.68. The van der Waals surface area contributed by atoms with Crippen molar-refractivity contribution >= 4 is 39.3 Å². The number of fused-ring (bicyclic) bond motifs is 1. The standard InChI is InChI=1S/C18H13ClN6O3S/c19-16-14(23-6-5-12-13(7-20)17(21)29-15(12)9-23)8-22-24(18(16)26)10-1-3-11(4-2-10)25(27)28/h1-4,8H,5-6,9,21H2. The number of nitrogens with zero attached hydrogens (tertiary/aromatic N) is 5. The van der Waals surface area contributed by atoms with Crippen LogP contribution >= 0.6 is 22.9 Å². The lowest BCUT2D eigenvalue weighted by Crippen LogP contribution is -2.32. The molecule has 29 heavy (non-hydrogen) atoms. The van der Waals surface area contributed by atoms with Crippen molar-refractivity contribution in [2.24, 2.45) is 0 Å². The Morgan fingerprint density at radius 3 is 2.72 bits per heavy atom. The topological polar surface area (TPSA) is 131 Å². The van der Waals surface area contributed by atoms with Crippen molar-refractivity contribution in [3.05, 3.63) is 72.0 Å². The summed E-state index contributed by atoms with van der Waals surface area (Å²) in [6.45, 7) is 1.05. The van der Waals surface area contributed by atoms with Crippen LogP contribution < -0.4 is 16.2 Å². The first-order chi connectivity index (χ1) is 13.9. The molecule has 2 aromatic heterocycles. The maximum Gasteiger partial charge on any atom is 0.292 e. The van der Waals surface area contributed by atoms with E-state index in [1.165, 1.54) is 41.8 Å². The van der Waals surface area contributed by atoms with Gasteiger partial charge in [0, 0.05) is 23.6 Å². The molecular weight excluding hydrogens is 416 g/mol. The summed E-state index contributed by atoms with van der Waals surface area (Å²) in [6.07, 6.45) is 2.12. The number of nitrogen functional groups attached to an aromatic ring is 1. The number of hydrogen-bond donors (Lipinski definition) is 1. The SMILES string of the molecule is N#Cc1c(N)sc2c1CCN(c1cnn(-c3ccc([N+](=O)[O-])cc3)c(=O)c1Cl)C2. The molecule has 1 aliphatic heterocycles. The summed E-state index contributed by atoms with van der Waals surface area (Å²) in [5.74, 6) is 0. The summed E-state index contributed by atoms with van der Waals surface area (Å²) >= 11 is 7.72. The Labute approximate surface area is 173 Å². The Morgan fingerprint density at radius 2 is 2.07 bits per heavy atom. The zero-order valence-electron chi connectivity index (χ0n) is 14.8. The quantitative estimate of drug-likeness (QED) is 0.501. The number of thiophene rings is 1. The lowest BCUT2D eigenvalue weighted by Gasteiger charge is -2.29. The van der Waals surface area contributed by atoms with E-state index in [2.05, 4.69) is 11.2 Å². The highest BCUT2D eigenvalue weighted by Crippen LogP contribution is 2.36. The van der Waals surface area contributed by atoms with Crippen molar-refractivity contribution in [3.8, 4) is 11.8 Å². The number of rotatable bonds is 3. The molecule has 0 amide bonds. The molecule has 2 N–H and O–H groups in total. The zero-order valence-corrected chi connectivity index (χ0v) is 16.4. The van der Waals surface area contributed by atoms with Crippen LogP contribution in [0.3, 0.4) is 0 Å². The van der Waals surface area contributed by atoms with Crippen LogP contribution in [0.25, 0.3) is 5.69 Å². The average Bonchev–Trinajstić information content (AvgIpc) is 3.04. The van der Waals surface area contributed by atoms with Crippen LogP contribution in [0, 0.1) is 21.4 Å². The van der Waals surface area contributed by atoms with Gasteiger partial charge in [-0.2, -0.15) is 15.0 Å². The minimum atomic E-state index is -0.521. The normalized spacial score (nSPS) is 13.0. The van der Waals surface area contributed by atoms with Gasteiger partial charge in [0.1, 0.15) is 16.1 Å². The molecule has 3 aromatic rings. The molecule has 0 spiro atoms. The second-order valence-corrected chi connectivity index (χ2v) is 7.88. The van der Waals surface area contributed by atoms with E-state index in [0.717, 1.165) is 15.1 Å². The van der Waals surface area contributed by atoms with E-state index in [1.54, 1.807) is 0 Å². The molecule has 146 valence electrons. The molecule has 11 heteroatoms. The Balaban J connectivity index is 1.67. The van der Waals surface area contributed by atoms with Crippen molar-refractivity contribution < 1.29 is 4.92 Å². The second kappa shape index (κ2) is 7.20. The van der Waals surface area contributed by atoms with Crippen molar-refractivity contribution in [2.75, 3.05) is 17.2 Å². The molecule has 1 aromatic carbocycles. The van der Waals surface area contributed by atoms with Crippen molar-refractivity contribution in [2.45, 2.75) is 13.0 Å². The molecule has 9 nitrogen and oxygen atoms in total. The molecule has 0 saturated heterocycles. The van der Waals surface area contributed by atoms with Gasteiger partial charge in [0.2, 0.25) is 0 Å². The Morgan fingerprint density at radius 1 is 1.34 bits per heavy atom. The van der Waals surface area contributed by atoms with E-state index >= 15 is 0 Å². The third-order valence-corrected chi connectivity index (χ3v) is 6.14. The number of aromatic nitrogens is 2. The summed E-state index contributed by atoms with van der Waals surface area (Å²) in [7, 11) is 0. The summed E-state index contributed by atoms with van der Waals surface area (Å²) in [6, 6.07) is 7.62. The molecule has 0 fully saturated rings. The molecule has 0 radical (unpaired) electrons. The van der Waals surface area contributed by atoms with Gasteiger partial charge in [-0.05, 0) is 24.1 Å². The first-order valence-electron chi connectivity index (χ1n) is 8.48. The van der Waals surface area contributed by atoms with Gasteiger partial charge < -0.3 is 10.6 Å². The maximum atomic E-state index is 12.7. The third kappa shape index (κ3) is 3.20. The largest absolute Gasteiger partial charge is 0.389 e. The Hall–Kier alpha value is -3.42. The minimum absolute atomic E-state index is 0.00633. The minimum Gasteiger partial charge on any atom is -0.389 e. The summed E-state index contributed by atoms with van der Waals surface area (Å²) < 4.78 is 1.10. The van der Waals surface area contributed by atoms with Crippen molar-refractivity contribution in [3.63, 3.8) is 0 Å². The van der Waals surface area contributed by atoms with E-state index in [1.807, 2.05) is 4.90 Å². The number of nitro groups is 1. The average molecular weight is 429 g/mol. The molecule has 3 heterocycles. The van der Waals surface area contributed by atoms with Crippen LogP contribution in [0.1, 0.15) is 16.0 Å². The molecule has 4 rings (SSSR count). The third-order valence-electron chi connectivity index (χ3n) is 4.74. The number of nitriles is 1. The highest BCUT2D eigenvalue weighted by Gasteiger charge is 2.26. The van der Waals surface area contributed by atoms with E-state index in [-0.39, 0.29) is 10.7 Å². The number of anilines is 2. The Kier molecular flexibility index (Phi) is 4.70. The van der Waals surface area contributed by atoms with Crippen LogP contribution in [-0.4, -0.2) is 21.2 Å². The smallest absolute Gasteiger partial charge is 0.292 e. The lowest BCUT2D eigenvalue weighted by atomic mass is 10.0. The van der Waals surface area contributed by atoms with Gasteiger partial charge in [-0.15, -0.1) is 11.3 Å². The fourth-order valence-electron chi connectivity index (χ4n) is 3.30. The van der Waals surface area contributed by atoms with Gasteiger partial charge in [0.25, 0.3) is 11.2 Å². The van der Waals surface area contributed by atoms with Crippen LogP contribution in [0.5, 0.6) is 0 Å². The van der Waals surface area contributed by atoms with Crippen LogP contribution in [0.4, 0.5) is 16.4 Å². The number of non-ortho nitro benzene ring substituents is 1. The highest BCUT2D eigenvalue weighted by atomic mass is 35.5. The number of halogens is 1. The van der Waals surface area contributed by atoms with Gasteiger partial charge in [0.05, 0.1) is 34.6 Å². The highest BCUT2D eigenvalue weighted by molar-refractivity contribution is 7.16. The van der Waals surface area contributed by atoms with Crippen LogP contribution in [0.2, 0.25) is 5.02 Å². The summed E-state index contributed by atoms with van der Waals surface area (Å²) in [5.41, 5.74) is 7.67. The molecule has 0 unspecified atom stereocenters. The lowest BCUT2D eigenvalue weighted by molar-refractivity contribution is -0.384. The second-order valence-electron chi connectivity index (χ2n) is 6.36. The molecule has 0 saturated carbocycles. The number of benzene rings is 1. The predicted molar refractivity (Wildman–Crippen MR) is 110 cm³/mol. The van der Waals surface area contributed by atoms with E-state index < -0.39 is 10.5 Å². The molecular formula is C18H13ClN6O3S. The van der Waals surface area contributed by atoms with Crippen LogP contribution in [0.15, 0.2) is 35.3 Å². The fourth-order valence-corrected chi connectivity index (χ4v) is 4.63. The monoisotopic (exact) mass is 428 g/mol. The Bertz CT molecular complexity index is 1230. The summed E-state index contributed by atoms with van der Waals surface area (Å²) in [4.78, 5) is 25.9. The van der Waals surface area contributed by atoms with Gasteiger partial charge >= 0.3 is 0 Å².